The van der Waals surface area contributed by atoms with Crippen molar-refractivity contribution in [1.82, 2.24) is 15.2 Å². The highest BCUT2D eigenvalue weighted by Gasteiger charge is 2.35. The van der Waals surface area contributed by atoms with E-state index in [1.165, 1.54) is 0 Å². The molecule has 3 rings (SSSR count). The zero-order valence-corrected chi connectivity index (χ0v) is 9.95. The van der Waals surface area contributed by atoms with E-state index in [9.17, 15) is 0 Å². The molecule has 0 N–H and O–H groups in total. The van der Waals surface area contributed by atoms with Gasteiger partial charge in [0.1, 0.15) is 0 Å². The Kier molecular flexibility index (Phi) is 2.61. The molecule has 0 aliphatic carbocycles. The lowest BCUT2D eigenvalue weighted by Crippen LogP contribution is -2.43. The molecule has 86 valence electrons. The molecule has 2 aliphatic heterocycles. The molecule has 1 aromatic rings. The summed E-state index contributed by atoms with van der Waals surface area (Å²) in [5.74, 6) is 0.613. The molecular formula is C9H10Cl2N4O. The van der Waals surface area contributed by atoms with E-state index in [2.05, 4.69) is 20.1 Å². The highest BCUT2D eigenvalue weighted by atomic mass is 35.5. The van der Waals surface area contributed by atoms with Crippen LogP contribution in [-0.4, -0.2) is 40.5 Å². The van der Waals surface area contributed by atoms with Crippen LogP contribution in [-0.2, 0) is 4.74 Å². The van der Waals surface area contributed by atoms with E-state index in [0.29, 0.717) is 11.0 Å². The van der Waals surface area contributed by atoms with Crippen molar-refractivity contribution < 1.29 is 4.74 Å². The fourth-order valence-corrected chi connectivity index (χ4v) is 2.59. The fraction of sp³-hybridized carbons (Fsp3) is 0.667. The average Bonchev–Trinajstić information content (AvgIpc) is 2.61. The minimum absolute atomic E-state index is 0.123. The van der Waals surface area contributed by atoms with Gasteiger partial charge in [-0.05, 0) is 24.4 Å². The number of morpholine rings is 1. The summed E-state index contributed by atoms with van der Waals surface area (Å²) in [6.07, 6.45) is 2.77. The molecule has 2 atom stereocenters. The van der Waals surface area contributed by atoms with Crippen molar-refractivity contribution in [1.29, 1.82) is 0 Å². The highest BCUT2D eigenvalue weighted by molar-refractivity contribution is 6.32. The van der Waals surface area contributed by atoms with Crippen LogP contribution in [0.3, 0.4) is 0 Å². The molecule has 0 spiro atoms. The van der Waals surface area contributed by atoms with Gasteiger partial charge in [0.25, 0.3) is 0 Å². The molecule has 7 heteroatoms. The quantitative estimate of drug-likeness (QED) is 0.767. The summed E-state index contributed by atoms with van der Waals surface area (Å²) < 4.78 is 5.74. The number of aromatic nitrogens is 3. The minimum atomic E-state index is 0.123. The molecule has 3 heterocycles. The summed E-state index contributed by atoms with van der Waals surface area (Å²) in [5.41, 5.74) is 0. The third kappa shape index (κ3) is 1.83. The van der Waals surface area contributed by atoms with Gasteiger partial charge in [-0.1, -0.05) is 11.6 Å². The van der Waals surface area contributed by atoms with Gasteiger partial charge in [-0.25, -0.2) is 0 Å². The summed E-state index contributed by atoms with van der Waals surface area (Å²) in [7, 11) is 0. The predicted octanol–water partition coefficient (Wildman–Crippen LogP) is 1.55. The molecule has 1 aromatic heterocycles. The van der Waals surface area contributed by atoms with Crippen LogP contribution in [0.1, 0.15) is 12.8 Å². The molecule has 2 saturated heterocycles. The number of ether oxygens (including phenoxy) is 1. The first-order valence-corrected chi connectivity index (χ1v) is 5.94. The largest absolute Gasteiger partial charge is 0.371 e. The Labute approximate surface area is 103 Å². The Morgan fingerprint density at radius 1 is 1.12 bits per heavy atom. The van der Waals surface area contributed by atoms with Gasteiger partial charge in [0, 0.05) is 13.1 Å². The van der Waals surface area contributed by atoms with Gasteiger partial charge >= 0.3 is 0 Å². The molecule has 2 bridgehead atoms. The number of halogens is 2. The molecular weight excluding hydrogens is 251 g/mol. The summed E-state index contributed by atoms with van der Waals surface area (Å²) in [5, 5.41) is 7.79. The van der Waals surface area contributed by atoms with Crippen molar-refractivity contribution in [2.45, 2.75) is 25.0 Å². The van der Waals surface area contributed by atoms with Crippen LogP contribution >= 0.6 is 23.2 Å². The fourth-order valence-electron chi connectivity index (χ4n) is 2.27. The standard InChI is InChI=1S/C9H10Cl2N4O/c10-7-8(12-9(11)14-13-7)15-3-5-1-2-6(4-15)16-5/h5-6H,1-4H2. The zero-order valence-electron chi connectivity index (χ0n) is 8.44. The maximum Gasteiger partial charge on any atom is 0.245 e. The Balaban J connectivity index is 1.89. The minimum Gasteiger partial charge on any atom is -0.371 e. The first-order valence-electron chi connectivity index (χ1n) is 5.18. The number of fused-ring (bicyclic) bond motifs is 2. The van der Waals surface area contributed by atoms with Crippen molar-refractivity contribution in [2.75, 3.05) is 18.0 Å². The molecule has 16 heavy (non-hydrogen) atoms. The van der Waals surface area contributed by atoms with Crippen molar-refractivity contribution in [3.05, 3.63) is 10.4 Å². The van der Waals surface area contributed by atoms with Crippen LogP contribution in [0.15, 0.2) is 0 Å². The average molecular weight is 261 g/mol. The van der Waals surface area contributed by atoms with Gasteiger partial charge in [0.2, 0.25) is 5.28 Å². The molecule has 0 aromatic carbocycles. The predicted molar refractivity (Wildman–Crippen MR) is 60.0 cm³/mol. The lowest BCUT2D eigenvalue weighted by atomic mass is 10.2. The highest BCUT2D eigenvalue weighted by Crippen LogP contribution is 2.31. The van der Waals surface area contributed by atoms with E-state index in [1.807, 2.05) is 0 Å². The summed E-state index contributed by atoms with van der Waals surface area (Å²) in [4.78, 5) is 6.20. The van der Waals surface area contributed by atoms with Crippen LogP contribution < -0.4 is 4.90 Å². The van der Waals surface area contributed by atoms with Gasteiger partial charge in [-0.15, -0.1) is 10.2 Å². The van der Waals surface area contributed by atoms with Crippen LogP contribution in [0.2, 0.25) is 10.4 Å². The second-order valence-electron chi connectivity index (χ2n) is 4.06. The Bertz CT molecular complexity index is 404. The Morgan fingerprint density at radius 2 is 1.81 bits per heavy atom. The van der Waals surface area contributed by atoms with E-state index in [1.54, 1.807) is 0 Å². The summed E-state index contributed by atoms with van der Waals surface area (Å²) >= 11 is 11.7. The maximum atomic E-state index is 5.97. The summed E-state index contributed by atoms with van der Waals surface area (Å²) in [6.45, 7) is 1.59. The van der Waals surface area contributed by atoms with E-state index < -0.39 is 0 Å². The van der Waals surface area contributed by atoms with Crippen LogP contribution in [0.5, 0.6) is 0 Å². The lowest BCUT2D eigenvalue weighted by Gasteiger charge is -2.32. The number of hydrogen-bond acceptors (Lipinski definition) is 5. The molecule has 2 unspecified atom stereocenters. The SMILES string of the molecule is Clc1nnc(Cl)c(N2CC3CCC(C2)O3)n1. The van der Waals surface area contributed by atoms with Gasteiger partial charge in [-0.2, -0.15) is 4.98 Å². The zero-order chi connectivity index (χ0) is 11.1. The third-order valence-electron chi connectivity index (χ3n) is 2.95. The number of anilines is 1. The van der Waals surface area contributed by atoms with Crippen LogP contribution in [0, 0.1) is 0 Å². The van der Waals surface area contributed by atoms with E-state index in [0.717, 1.165) is 25.9 Å². The summed E-state index contributed by atoms with van der Waals surface area (Å²) in [6, 6.07) is 0. The Hall–Kier alpha value is -0.650. The second-order valence-corrected chi connectivity index (χ2v) is 4.75. The molecule has 2 aliphatic rings. The topological polar surface area (TPSA) is 51.1 Å². The second kappa shape index (κ2) is 3.98. The smallest absolute Gasteiger partial charge is 0.245 e. The molecule has 0 amide bonds. The van der Waals surface area contributed by atoms with E-state index >= 15 is 0 Å². The Morgan fingerprint density at radius 3 is 2.50 bits per heavy atom. The van der Waals surface area contributed by atoms with Crippen molar-refractivity contribution in [3.63, 3.8) is 0 Å². The number of nitrogens with zero attached hydrogens (tertiary/aromatic N) is 4. The first-order chi connectivity index (χ1) is 7.72. The third-order valence-corrected chi connectivity index (χ3v) is 3.35. The van der Waals surface area contributed by atoms with Crippen LogP contribution in [0.4, 0.5) is 5.82 Å². The first kappa shape index (κ1) is 10.5. The van der Waals surface area contributed by atoms with Gasteiger partial charge in [0.05, 0.1) is 12.2 Å². The van der Waals surface area contributed by atoms with E-state index in [-0.39, 0.29) is 17.5 Å². The van der Waals surface area contributed by atoms with Crippen molar-refractivity contribution in [3.8, 4) is 0 Å². The van der Waals surface area contributed by atoms with E-state index in [4.69, 9.17) is 27.9 Å². The maximum absolute atomic E-state index is 5.97. The molecule has 0 saturated carbocycles. The van der Waals surface area contributed by atoms with Crippen molar-refractivity contribution in [2.24, 2.45) is 0 Å². The molecule has 5 nitrogen and oxygen atoms in total. The molecule has 0 radical (unpaired) electrons. The molecule has 2 fully saturated rings. The van der Waals surface area contributed by atoms with Crippen molar-refractivity contribution >= 4 is 29.0 Å². The lowest BCUT2D eigenvalue weighted by molar-refractivity contribution is 0.0302. The number of rotatable bonds is 1. The number of hydrogen-bond donors (Lipinski definition) is 0. The van der Waals surface area contributed by atoms with Crippen LogP contribution in [0.25, 0.3) is 0 Å². The van der Waals surface area contributed by atoms with Gasteiger partial charge < -0.3 is 9.64 Å². The van der Waals surface area contributed by atoms with Gasteiger partial charge in [-0.3, -0.25) is 0 Å². The van der Waals surface area contributed by atoms with Gasteiger partial charge in [0.15, 0.2) is 11.0 Å². The normalized spacial score (nSPS) is 28.5. The monoisotopic (exact) mass is 260 g/mol.